The summed E-state index contributed by atoms with van der Waals surface area (Å²) in [4.78, 5) is 26.1. The number of carbonyl (C=O) groups excluding carboxylic acids is 2. The molecule has 1 aliphatic rings. The molecule has 0 saturated carbocycles. The molecule has 0 aliphatic carbocycles. The number of aromatic nitrogens is 4. The van der Waals surface area contributed by atoms with Gasteiger partial charge < -0.3 is 0 Å². The summed E-state index contributed by atoms with van der Waals surface area (Å²) in [5.41, 5.74) is 0.649. The van der Waals surface area contributed by atoms with E-state index in [9.17, 15) is 14.0 Å². The first kappa shape index (κ1) is 12.4. The van der Waals surface area contributed by atoms with E-state index in [4.69, 9.17) is 0 Å². The Morgan fingerprint density at radius 1 is 1.30 bits per heavy atom. The predicted octanol–water partition coefficient (Wildman–Crippen LogP) is 0.387. The number of hydrogen-bond acceptors (Lipinski definition) is 5. The Morgan fingerprint density at radius 2 is 2.05 bits per heavy atom. The highest BCUT2D eigenvalue weighted by atomic mass is 19.1. The van der Waals surface area contributed by atoms with Crippen molar-refractivity contribution < 1.29 is 14.0 Å². The van der Waals surface area contributed by atoms with Crippen LogP contribution < -0.4 is 4.90 Å². The Balaban J connectivity index is 2.06. The van der Waals surface area contributed by atoms with Crippen LogP contribution in [0.5, 0.6) is 0 Å². The molecule has 1 amide bonds. The molecule has 0 N–H and O–H groups in total. The molecule has 2 heterocycles. The van der Waals surface area contributed by atoms with Gasteiger partial charge in [-0.3, -0.25) is 14.5 Å². The largest absolute Gasteiger partial charge is 0.299 e. The van der Waals surface area contributed by atoms with Crippen molar-refractivity contribution in [3.8, 4) is 0 Å². The van der Waals surface area contributed by atoms with E-state index in [1.165, 1.54) is 16.9 Å². The Labute approximate surface area is 113 Å². The first-order valence-corrected chi connectivity index (χ1v) is 5.86. The molecule has 0 radical (unpaired) electrons. The Morgan fingerprint density at radius 3 is 2.70 bits per heavy atom. The van der Waals surface area contributed by atoms with Crippen LogP contribution in [-0.2, 0) is 18.4 Å². The summed E-state index contributed by atoms with van der Waals surface area (Å²) >= 11 is 0. The molecule has 20 heavy (non-hydrogen) atoms. The number of Topliss-reactive ketones (excluding diaryl/α,β-unsaturated/α-hetero) is 1. The van der Waals surface area contributed by atoms with Crippen molar-refractivity contribution in [3.05, 3.63) is 34.9 Å². The van der Waals surface area contributed by atoms with Gasteiger partial charge in [-0.25, -0.2) is 4.39 Å². The molecule has 0 unspecified atom stereocenters. The summed E-state index contributed by atoms with van der Waals surface area (Å²) in [6.45, 7) is 1.57. The Bertz CT molecular complexity index is 739. The van der Waals surface area contributed by atoms with Crippen LogP contribution in [0.25, 0.3) is 0 Å². The maximum absolute atomic E-state index is 14.0. The predicted molar refractivity (Wildman–Crippen MR) is 65.5 cm³/mol. The van der Waals surface area contributed by atoms with Crippen molar-refractivity contribution in [2.24, 2.45) is 7.05 Å². The van der Waals surface area contributed by atoms with Gasteiger partial charge in [0.15, 0.2) is 5.82 Å². The van der Waals surface area contributed by atoms with Gasteiger partial charge in [0.05, 0.1) is 24.8 Å². The summed E-state index contributed by atoms with van der Waals surface area (Å²) in [6, 6.07) is 2.78. The minimum Gasteiger partial charge on any atom is -0.294 e. The Kier molecular flexibility index (Phi) is 2.60. The third-order valence-electron chi connectivity index (χ3n) is 3.01. The summed E-state index contributed by atoms with van der Waals surface area (Å²) in [7, 11) is 1.57. The number of rotatable bonds is 2. The van der Waals surface area contributed by atoms with Crippen LogP contribution in [0.1, 0.15) is 21.7 Å². The van der Waals surface area contributed by atoms with E-state index in [0.717, 1.165) is 4.90 Å². The number of fused-ring (bicyclic) bond motifs is 1. The van der Waals surface area contributed by atoms with E-state index < -0.39 is 17.5 Å². The summed E-state index contributed by atoms with van der Waals surface area (Å²) in [6.07, 6.45) is 0. The number of hydrogen-bond donors (Lipinski definition) is 0. The van der Waals surface area contributed by atoms with Crippen molar-refractivity contribution in [2.45, 2.75) is 13.5 Å². The van der Waals surface area contributed by atoms with E-state index in [0.29, 0.717) is 5.56 Å². The van der Waals surface area contributed by atoms with Gasteiger partial charge in [0.1, 0.15) is 5.82 Å². The molecular weight excluding hydrogens is 265 g/mol. The summed E-state index contributed by atoms with van der Waals surface area (Å²) < 4.78 is 14.0. The maximum Gasteiger partial charge on any atom is 0.299 e. The lowest BCUT2D eigenvalue weighted by Gasteiger charge is -2.14. The van der Waals surface area contributed by atoms with Gasteiger partial charge in [-0.05, 0) is 29.8 Å². The van der Waals surface area contributed by atoms with Gasteiger partial charge in [0, 0.05) is 0 Å². The molecule has 1 aromatic heterocycles. The van der Waals surface area contributed by atoms with E-state index in [1.807, 2.05) is 0 Å². The zero-order valence-electron chi connectivity index (χ0n) is 10.8. The number of halogens is 1. The normalized spacial score (nSPS) is 14.1. The molecule has 0 atom stereocenters. The highest BCUT2D eigenvalue weighted by Crippen LogP contribution is 2.33. The number of tetrazole rings is 1. The zero-order valence-corrected chi connectivity index (χ0v) is 10.8. The van der Waals surface area contributed by atoms with Crippen molar-refractivity contribution in [3.63, 3.8) is 0 Å². The van der Waals surface area contributed by atoms with Crippen LogP contribution in [0.15, 0.2) is 12.1 Å². The highest BCUT2D eigenvalue weighted by molar-refractivity contribution is 6.52. The quantitative estimate of drug-likeness (QED) is 0.740. The molecule has 0 saturated heterocycles. The van der Waals surface area contributed by atoms with Gasteiger partial charge in [-0.15, -0.1) is 10.2 Å². The van der Waals surface area contributed by atoms with Crippen LogP contribution in [0.3, 0.4) is 0 Å². The van der Waals surface area contributed by atoms with Crippen molar-refractivity contribution in [2.75, 3.05) is 4.90 Å². The van der Waals surface area contributed by atoms with Crippen LogP contribution in [0, 0.1) is 12.7 Å². The molecule has 3 rings (SSSR count). The van der Waals surface area contributed by atoms with Crippen molar-refractivity contribution in [1.29, 1.82) is 0 Å². The molecule has 8 heteroatoms. The van der Waals surface area contributed by atoms with E-state index in [2.05, 4.69) is 15.4 Å². The molecule has 102 valence electrons. The van der Waals surface area contributed by atoms with Crippen LogP contribution >= 0.6 is 0 Å². The van der Waals surface area contributed by atoms with Gasteiger partial charge in [-0.1, -0.05) is 0 Å². The van der Waals surface area contributed by atoms with E-state index in [1.54, 1.807) is 14.0 Å². The molecule has 1 aromatic carbocycles. The molecule has 0 fully saturated rings. The average molecular weight is 275 g/mol. The molecule has 1 aliphatic heterocycles. The first-order chi connectivity index (χ1) is 9.47. The average Bonchev–Trinajstić information content (AvgIpc) is 2.88. The number of anilines is 1. The van der Waals surface area contributed by atoms with Crippen molar-refractivity contribution >= 4 is 17.4 Å². The fourth-order valence-electron chi connectivity index (χ4n) is 2.20. The van der Waals surface area contributed by atoms with Crippen molar-refractivity contribution in [1.82, 2.24) is 20.2 Å². The third-order valence-corrected chi connectivity index (χ3v) is 3.01. The smallest absolute Gasteiger partial charge is 0.294 e. The second-order valence-electron chi connectivity index (χ2n) is 4.56. The second kappa shape index (κ2) is 4.19. The standard InChI is InChI=1S/C12H10FN5O2/c1-6-3-7-10(8(13)4-6)18(12(20)11(7)19)5-9-14-16-17(2)15-9/h3-4H,5H2,1-2H3. The Hall–Kier alpha value is -2.64. The second-order valence-corrected chi connectivity index (χ2v) is 4.56. The van der Waals surface area contributed by atoms with Gasteiger partial charge in [0.25, 0.3) is 11.7 Å². The molecule has 2 aromatic rings. The SMILES string of the molecule is Cc1cc(F)c2c(c1)C(=O)C(=O)N2Cc1nnn(C)n1. The highest BCUT2D eigenvalue weighted by Gasteiger charge is 2.38. The topological polar surface area (TPSA) is 81.0 Å². The molecule has 0 spiro atoms. The third kappa shape index (κ3) is 1.77. The number of aryl methyl sites for hydroxylation is 2. The number of amides is 1. The van der Waals surface area contributed by atoms with Crippen LogP contribution in [0.4, 0.5) is 10.1 Å². The van der Waals surface area contributed by atoms with Crippen LogP contribution in [-0.4, -0.2) is 31.9 Å². The molecular formula is C12H10FN5O2. The number of nitrogens with zero attached hydrogens (tertiary/aromatic N) is 5. The summed E-state index contributed by atoms with van der Waals surface area (Å²) in [5.74, 6) is -1.87. The van der Waals surface area contributed by atoms with E-state index >= 15 is 0 Å². The first-order valence-electron chi connectivity index (χ1n) is 5.86. The monoisotopic (exact) mass is 275 g/mol. The van der Waals surface area contributed by atoms with Gasteiger partial charge in [0.2, 0.25) is 0 Å². The zero-order chi connectivity index (χ0) is 14.4. The van der Waals surface area contributed by atoms with E-state index in [-0.39, 0.29) is 23.6 Å². The number of carbonyl (C=O) groups is 2. The fraction of sp³-hybridized carbons (Fsp3) is 0.250. The van der Waals surface area contributed by atoms with Crippen LogP contribution in [0.2, 0.25) is 0 Å². The minimum absolute atomic E-state index is 0.0157. The number of ketones is 1. The lowest BCUT2D eigenvalue weighted by Crippen LogP contribution is -2.30. The number of benzene rings is 1. The molecule has 7 nitrogen and oxygen atoms in total. The van der Waals surface area contributed by atoms with Gasteiger partial charge in [-0.2, -0.15) is 4.80 Å². The lowest BCUT2D eigenvalue weighted by atomic mass is 10.1. The fourth-order valence-corrected chi connectivity index (χ4v) is 2.20. The van der Waals surface area contributed by atoms with Gasteiger partial charge >= 0.3 is 0 Å². The minimum atomic E-state index is -0.781. The summed E-state index contributed by atoms with van der Waals surface area (Å²) in [5, 5.41) is 11.3. The molecule has 0 bridgehead atoms. The lowest BCUT2D eigenvalue weighted by molar-refractivity contribution is -0.114. The maximum atomic E-state index is 14.0.